The summed E-state index contributed by atoms with van der Waals surface area (Å²) in [6, 6.07) is 5.51. The highest BCUT2D eigenvalue weighted by Crippen LogP contribution is 2.18. The number of H-pyrrole nitrogens is 1. The zero-order valence-electron chi connectivity index (χ0n) is 8.70. The quantitative estimate of drug-likeness (QED) is 0.563. The Morgan fingerprint density at radius 3 is 3.18 bits per heavy atom. The van der Waals surface area contributed by atoms with Crippen molar-refractivity contribution in [3.63, 3.8) is 0 Å². The Kier molecular flexibility index (Phi) is 2.11. The zero-order valence-corrected chi connectivity index (χ0v) is 8.70. The van der Waals surface area contributed by atoms with Crippen LogP contribution >= 0.6 is 0 Å². The first kappa shape index (κ1) is 9.58. The second-order valence-corrected chi connectivity index (χ2v) is 3.49. The van der Waals surface area contributed by atoms with Gasteiger partial charge in [-0.15, -0.1) is 20.1 Å². The van der Waals surface area contributed by atoms with Crippen LogP contribution in [0, 0.1) is 0 Å². The van der Waals surface area contributed by atoms with E-state index in [0.29, 0.717) is 17.9 Å². The summed E-state index contributed by atoms with van der Waals surface area (Å²) in [6.45, 7) is 0.481. The van der Waals surface area contributed by atoms with Crippen molar-refractivity contribution in [2.45, 2.75) is 6.54 Å². The summed E-state index contributed by atoms with van der Waals surface area (Å²) in [5, 5.41) is 30.6. The van der Waals surface area contributed by atoms with E-state index in [4.69, 9.17) is 0 Å². The van der Waals surface area contributed by atoms with E-state index in [2.05, 4.69) is 31.0 Å². The highest BCUT2D eigenvalue weighted by Gasteiger charge is 2.03. The first-order chi connectivity index (χ1) is 8.33. The van der Waals surface area contributed by atoms with Gasteiger partial charge in [0, 0.05) is 11.1 Å². The lowest BCUT2D eigenvalue weighted by atomic mass is 10.2. The van der Waals surface area contributed by atoms with Crippen molar-refractivity contribution >= 4 is 16.6 Å². The van der Waals surface area contributed by atoms with Crippen LogP contribution in [-0.4, -0.2) is 35.8 Å². The minimum Gasteiger partial charge on any atom is -0.411 e. The molecule has 0 unspecified atom stereocenters. The number of anilines is 1. The van der Waals surface area contributed by atoms with E-state index in [1.807, 2.05) is 12.1 Å². The highest BCUT2D eigenvalue weighted by atomic mass is 16.5. The number of nitrogens with one attached hydrogen (secondary N) is 2. The predicted octanol–water partition coefficient (Wildman–Crippen LogP) is 0.399. The van der Waals surface area contributed by atoms with Crippen LogP contribution in [0.3, 0.4) is 0 Å². The fourth-order valence-electron chi connectivity index (χ4n) is 1.57. The number of aromatic amines is 1. The molecule has 2 aromatic heterocycles. The normalized spacial score (nSPS) is 10.8. The van der Waals surface area contributed by atoms with E-state index in [0.717, 1.165) is 15.9 Å². The molecule has 2 heterocycles. The molecule has 0 spiro atoms. The fourth-order valence-corrected chi connectivity index (χ4v) is 1.57. The van der Waals surface area contributed by atoms with Crippen LogP contribution in [0.2, 0.25) is 0 Å². The predicted molar refractivity (Wildman–Crippen MR) is 58.4 cm³/mol. The smallest absolute Gasteiger partial charge is 0.193 e. The lowest BCUT2D eigenvalue weighted by molar-refractivity contribution is 0.161. The second-order valence-electron chi connectivity index (χ2n) is 3.49. The Morgan fingerprint density at radius 2 is 2.35 bits per heavy atom. The standard InChI is InChI=1S/C9H9N7O/c17-16-8-2-1-7(3-6(8)4-11-16)10-5-9-12-14-15-13-9/h1-4,10,17H,5H2,(H,12,13,14,15). The van der Waals surface area contributed by atoms with Gasteiger partial charge in [-0.25, -0.2) is 0 Å². The van der Waals surface area contributed by atoms with Gasteiger partial charge in [-0.3, -0.25) is 0 Å². The van der Waals surface area contributed by atoms with Gasteiger partial charge in [-0.2, -0.15) is 5.21 Å². The fraction of sp³-hybridized carbons (Fsp3) is 0.111. The lowest BCUT2D eigenvalue weighted by Gasteiger charge is -2.03. The van der Waals surface area contributed by atoms with Gasteiger partial charge in [-0.1, -0.05) is 5.21 Å². The number of hydrogen-bond donors (Lipinski definition) is 3. The van der Waals surface area contributed by atoms with E-state index in [1.165, 1.54) is 0 Å². The van der Waals surface area contributed by atoms with Crippen LogP contribution in [0.4, 0.5) is 5.69 Å². The molecule has 0 saturated carbocycles. The van der Waals surface area contributed by atoms with Gasteiger partial charge in [0.15, 0.2) is 5.82 Å². The van der Waals surface area contributed by atoms with Gasteiger partial charge in [0.25, 0.3) is 0 Å². The minimum absolute atomic E-state index is 0.481. The minimum atomic E-state index is 0.481. The van der Waals surface area contributed by atoms with Gasteiger partial charge < -0.3 is 10.5 Å². The summed E-state index contributed by atoms with van der Waals surface area (Å²) in [6.07, 6.45) is 1.59. The number of benzene rings is 1. The van der Waals surface area contributed by atoms with Crippen LogP contribution in [0.15, 0.2) is 24.4 Å². The molecule has 17 heavy (non-hydrogen) atoms. The van der Waals surface area contributed by atoms with Crippen molar-refractivity contribution < 1.29 is 5.21 Å². The second kappa shape index (κ2) is 3.74. The number of fused-ring (bicyclic) bond motifs is 1. The molecule has 3 aromatic rings. The van der Waals surface area contributed by atoms with Gasteiger partial charge in [-0.05, 0) is 18.2 Å². The van der Waals surface area contributed by atoms with E-state index >= 15 is 0 Å². The van der Waals surface area contributed by atoms with Gasteiger partial charge in [0.2, 0.25) is 0 Å². The Morgan fingerprint density at radius 1 is 1.41 bits per heavy atom. The summed E-state index contributed by atoms with van der Waals surface area (Å²) in [7, 11) is 0. The summed E-state index contributed by atoms with van der Waals surface area (Å²) in [4.78, 5) is 0.846. The average Bonchev–Trinajstić information content (AvgIpc) is 2.97. The molecule has 0 atom stereocenters. The maximum Gasteiger partial charge on any atom is 0.193 e. The summed E-state index contributed by atoms with van der Waals surface area (Å²) < 4.78 is 0. The van der Waals surface area contributed by atoms with E-state index < -0.39 is 0 Å². The Balaban J connectivity index is 1.81. The maximum atomic E-state index is 9.33. The average molecular weight is 231 g/mol. The van der Waals surface area contributed by atoms with Crippen LogP contribution in [0.25, 0.3) is 10.9 Å². The van der Waals surface area contributed by atoms with E-state index in [-0.39, 0.29) is 0 Å². The Labute approximate surface area is 95.2 Å². The Hall–Kier alpha value is -2.64. The van der Waals surface area contributed by atoms with Crippen LogP contribution < -0.4 is 5.32 Å². The number of hydrogen-bond acceptors (Lipinski definition) is 6. The van der Waals surface area contributed by atoms with Crippen LogP contribution in [0.5, 0.6) is 0 Å². The summed E-state index contributed by atoms with van der Waals surface area (Å²) >= 11 is 0. The lowest BCUT2D eigenvalue weighted by Crippen LogP contribution is -2.01. The first-order valence-electron chi connectivity index (χ1n) is 4.96. The molecular formula is C9H9N7O. The molecule has 8 nitrogen and oxygen atoms in total. The van der Waals surface area contributed by atoms with Crippen molar-refractivity contribution in [1.82, 2.24) is 30.6 Å². The van der Waals surface area contributed by atoms with Gasteiger partial charge >= 0.3 is 0 Å². The maximum absolute atomic E-state index is 9.33. The van der Waals surface area contributed by atoms with Gasteiger partial charge in [0.1, 0.15) is 5.52 Å². The molecule has 0 radical (unpaired) electrons. The molecule has 0 amide bonds. The molecule has 0 saturated heterocycles. The molecule has 0 bridgehead atoms. The number of aromatic nitrogens is 6. The monoisotopic (exact) mass is 231 g/mol. The number of tetrazole rings is 1. The number of rotatable bonds is 3. The molecular weight excluding hydrogens is 222 g/mol. The topological polar surface area (TPSA) is 105 Å². The van der Waals surface area contributed by atoms with Crippen molar-refractivity contribution in [3.8, 4) is 0 Å². The third kappa shape index (κ3) is 1.75. The van der Waals surface area contributed by atoms with Crippen molar-refractivity contribution in [3.05, 3.63) is 30.2 Å². The molecule has 3 N–H and O–H groups in total. The Bertz CT molecular complexity index is 630. The largest absolute Gasteiger partial charge is 0.411 e. The van der Waals surface area contributed by atoms with E-state index in [9.17, 15) is 5.21 Å². The number of nitrogens with zero attached hydrogens (tertiary/aromatic N) is 5. The molecule has 0 fully saturated rings. The highest BCUT2D eigenvalue weighted by molar-refractivity contribution is 5.82. The first-order valence-corrected chi connectivity index (χ1v) is 4.96. The molecule has 0 aliphatic rings. The molecule has 1 aromatic carbocycles. The summed E-state index contributed by atoms with van der Waals surface area (Å²) in [5.41, 5.74) is 1.56. The van der Waals surface area contributed by atoms with Crippen molar-refractivity contribution in [2.75, 3.05) is 5.32 Å². The van der Waals surface area contributed by atoms with Crippen molar-refractivity contribution in [1.29, 1.82) is 0 Å². The molecule has 86 valence electrons. The molecule has 3 rings (SSSR count). The zero-order chi connectivity index (χ0) is 11.7. The molecule has 8 heteroatoms. The van der Waals surface area contributed by atoms with E-state index in [1.54, 1.807) is 12.3 Å². The molecule has 0 aliphatic heterocycles. The molecule has 0 aliphatic carbocycles. The van der Waals surface area contributed by atoms with Crippen molar-refractivity contribution in [2.24, 2.45) is 0 Å². The van der Waals surface area contributed by atoms with Crippen LogP contribution in [-0.2, 0) is 6.54 Å². The SMILES string of the molecule is On1ncc2cc(NCc3nn[nH]n3)ccc21. The third-order valence-corrected chi connectivity index (χ3v) is 2.39. The summed E-state index contributed by atoms with van der Waals surface area (Å²) in [5.74, 6) is 0.586. The third-order valence-electron chi connectivity index (χ3n) is 2.39. The van der Waals surface area contributed by atoms with Crippen LogP contribution in [0.1, 0.15) is 5.82 Å². The van der Waals surface area contributed by atoms with Gasteiger partial charge in [0.05, 0.1) is 12.7 Å².